The van der Waals surface area contributed by atoms with Gasteiger partial charge in [0.05, 0.1) is 41.0 Å². The van der Waals surface area contributed by atoms with Crippen LogP contribution in [0.5, 0.6) is 0 Å². The van der Waals surface area contributed by atoms with Gasteiger partial charge in [0.15, 0.2) is 12.1 Å². The maximum Gasteiger partial charge on any atom is 0.224 e. The van der Waals surface area contributed by atoms with E-state index in [0.29, 0.717) is 17.9 Å². The van der Waals surface area contributed by atoms with E-state index in [-0.39, 0.29) is 18.1 Å². The summed E-state index contributed by atoms with van der Waals surface area (Å²) in [5.41, 5.74) is 7.16. The molecule has 1 atom stereocenters. The van der Waals surface area contributed by atoms with Crippen LogP contribution in [0, 0.1) is 5.92 Å². The van der Waals surface area contributed by atoms with Crippen LogP contribution >= 0.6 is 0 Å². The van der Waals surface area contributed by atoms with E-state index in [0.717, 1.165) is 96.5 Å². The van der Waals surface area contributed by atoms with Gasteiger partial charge in [-0.2, -0.15) is 5.10 Å². The number of rotatable bonds is 7. The van der Waals surface area contributed by atoms with E-state index < -0.39 is 0 Å². The van der Waals surface area contributed by atoms with E-state index in [1.54, 1.807) is 6.20 Å². The molecule has 2 aliphatic heterocycles. The van der Waals surface area contributed by atoms with Crippen LogP contribution in [0.25, 0.3) is 44.6 Å². The van der Waals surface area contributed by atoms with Gasteiger partial charge in [0.25, 0.3) is 0 Å². The van der Waals surface area contributed by atoms with Gasteiger partial charge in [-0.05, 0) is 56.0 Å². The van der Waals surface area contributed by atoms with Crippen LogP contribution in [0.1, 0.15) is 45.8 Å². The summed E-state index contributed by atoms with van der Waals surface area (Å²) >= 11 is 0. The fourth-order valence-electron chi connectivity index (χ4n) is 6.19. The topological polar surface area (TPSA) is 117 Å². The fraction of sp³-hybridized carbons (Fsp3) is 0.424. The Hall–Kier alpha value is -4.35. The molecule has 4 aromatic heterocycles. The number of amides is 1. The molecule has 2 N–H and O–H groups in total. The Morgan fingerprint density at radius 2 is 1.89 bits per heavy atom. The number of ether oxygens (including phenoxy) is 1. The molecule has 1 amide bonds. The van der Waals surface area contributed by atoms with Gasteiger partial charge < -0.3 is 24.8 Å². The van der Waals surface area contributed by atoms with E-state index in [4.69, 9.17) is 14.8 Å². The van der Waals surface area contributed by atoms with E-state index in [9.17, 15) is 4.79 Å². The second kappa shape index (κ2) is 12.0. The molecule has 6 heterocycles. The molecule has 2 aliphatic rings. The van der Waals surface area contributed by atoms with Crippen LogP contribution in [0.3, 0.4) is 0 Å². The highest BCUT2D eigenvalue weighted by molar-refractivity contribution is 5.98. The lowest BCUT2D eigenvalue weighted by atomic mass is 10.0. The number of nitrogens with zero attached hydrogens (tertiary/aromatic N) is 7. The van der Waals surface area contributed by atoms with Crippen molar-refractivity contribution in [3.8, 4) is 22.6 Å². The summed E-state index contributed by atoms with van der Waals surface area (Å²) in [5.74, 6) is 0.969. The van der Waals surface area contributed by atoms with Gasteiger partial charge in [-0.1, -0.05) is 19.9 Å². The summed E-state index contributed by atoms with van der Waals surface area (Å²) in [4.78, 5) is 34.8. The van der Waals surface area contributed by atoms with Gasteiger partial charge >= 0.3 is 0 Å². The molecule has 0 spiro atoms. The zero-order valence-electron chi connectivity index (χ0n) is 25.6. The molecule has 44 heavy (non-hydrogen) atoms. The Balaban J connectivity index is 1.30. The summed E-state index contributed by atoms with van der Waals surface area (Å²) in [7, 11) is 2.16. The summed E-state index contributed by atoms with van der Waals surface area (Å²) in [6, 6.07) is 8.29. The largest absolute Gasteiger partial charge is 0.366 e. The summed E-state index contributed by atoms with van der Waals surface area (Å²) in [5, 5.41) is 9.10. The van der Waals surface area contributed by atoms with Gasteiger partial charge in [-0.3, -0.25) is 14.8 Å². The smallest absolute Gasteiger partial charge is 0.224 e. The summed E-state index contributed by atoms with van der Waals surface area (Å²) in [6.07, 6.45) is 10.7. The fourth-order valence-corrected chi connectivity index (χ4v) is 6.19. The van der Waals surface area contributed by atoms with Crippen molar-refractivity contribution < 1.29 is 9.53 Å². The molecule has 2 saturated heterocycles. The second-order valence-electron chi connectivity index (χ2n) is 12.4. The number of pyridine rings is 2. The van der Waals surface area contributed by atoms with Crippen molar-refractivity contribution in [1.82, 2.24) is 34.6 Å². The lowest BCUT2D eigenvalue weighted by Crippen LogP contribution is -2.44. The number of nitrogens with one attached hydrogen (secondary N) is 2. The lowest BCUT2D eigenvalue weighted by molar-refractivity contribution is -0.116. The van der Waals surface area contributed by atoms with Crippen molar-refractivity contribution in [3.05, 3.63) is 49.1 Å². The average Bonchev–Trinajstić information content (AvgIpc) is 3.63. The Morgan fingerprint density at radius 3 is 2.68 bits per heavy atom. The standard InChI is InChI=1S/C33H39N9O2/c1-21(2)14-29(43)36-24-15-23(17-34-18-24)22-7-8-27-25(16-22)31(39-42(27)30-6-4-5-13-44-30)33-37-26-19-35-20-28(32(26)38-33)41-11-9-40(3)10-12-41/h7-8,15-21,30H,4-6,9-14H2,1-3H3,(H,36,43)(H,37,38). The molecule has 0 saturated carbocycles. The van der Waals surface area contributed by atoms with Crippen LogP contribution in [0.15, 0.2) is 49.1 Å². The molecular formula is C33H39N9O2. The minimum Gasteiger partial charge on any atom is -0.366 e. The number of hydrogen-bond donors (Lipinski definition) is 2. The molecule has 1 aromatic carbocycles. The van der Waals surface area contributed by atoms with Crippen LogP contribution in [-0.2, 0) is 9.53 Å². The maximum absolute atomic E-state index is 12.4. The number of hydrogen-bond acceptors (Lipinski definition) is 8. The first kappa shape index (κ1) is 28.4. The van der Waals surface area contributed by atoms with Crippen molar-refractivity contribution in [3.63, 3.8) is 0 Å². The van der Waals surface area contributed by atoms with Crippen LogP contribution in [-0.4, -0.2) is 80.4 Å². The number of anilines is 2. The maximum atomic E-state index is 12.4. The first-order chi connectivity index (χ1) is 21.4. The molecule has 11 nitrogen and oxygen atoms in total. The third-order valence-corrected chi connectivity index (χ3v) is 8.53. The van der Waals surface area contributed by atoms with Crippen molar-refractivity contribution >= 4 is 39.2 Å². The zero-order chi connectivity index (χ0) is 30.2. The van der Waals surface area contributed by atoms with Crippen LogP contribution in [0.4, 0.5) is 11.4 Å². The number of carbonyl (C=O) groups excluding carboxylic acids is 1. The lowest BCUT2D eigenvalue weighted by Gasteiger charge is -2.33. The monoisotopic (exact) mass is 593 g/mol. The summed E-state index contributed by atoms with van der Waals surface area (Å²) < 4.78 is 8.20. The molecule has 2 fully saturated rings. The molecule has 11 heteroatoms. The van der Waals surface area contributed by atoms with Crippen molar-refractivity contribution in [2.75, 3.05) is 50.1 Å². The SMILES string of the molecule is CC(C)CC(=O)Nc1cncc(-c2ccc3c(c2)c(-c2nc4c(N5CCN(C)CC5)cncc4[nH]2)nn3C2CCCCO2)c1. The van der Waals surface area contributed by atoms with E-state index in [2.05, 4.69) is 55.3 Å². The average molecular weight is 594 g/mol. The van der Waals surface area contributed by atoms with Crippen molar-refractivity contribution in [1.29, 1.82) is 0 Å². The molecule has 0 radical (unpaired) electrons. The number of aromatic amines is 1. The Labute approximate surface area is 256 Å². The first-order valence-corrected chi connectivity index (χ1v) is 15.6. The van der Waals surface area contributed by atoms with Gasteiger partial charge in [0.1, 0.15) is 11.2 Å². The molecular weight excluding hydrogens is 554 g/mol. The molecule has 0 bridgehead atoms. The number of imidazole rings is 1. The highest BCUT2D eigenvalue weighted by atomic mass is 16.5. The highest BCUT2D eigenvalue weighted by Gasteiger charge is 2.25. The van der Waals surface area contributed by atoms with E-state index in [1.807, 2.05) is 43.2 Å². The van der Waals surface area contributed by atoms with Gasteiger partial charge in [-0.15, -0.1) is 0 Å². The predicted octanol–water partition coefficient (Wildman–Crippen LogP) is 5.47. The third-order valence-electron chi connectivity index (χ3n) is 8.53. The number of fused-ring (bicyclic) bond motifs is 2. The van der Waals surface area contributed by atoms with Gasteiger partial charge in [0, 0.05) is 56.4 Å². The quantitative estimate of drug-likeness (QED) is 0.255. The Morgan fingerprint density at radius 1 is 1.05 bits per heavy atom. The number of piperazine rings is 1. The zero-order valence-corrected chi connectivity index (χ0v) is 25.6. The van der Waals surface area contributed by atoms with Gasteiger partial charge in [-0.25, -0.2) is 9.67 Å². The van der Waals surface area contributed by atoms with Gasteiger partial charge in [0.2, 0.25) is 5.91 Å². The van der Waals surface area contributed by atoms with E-state index >= 15 is 0 Å². The van der Waals surface area contributed by atoms with Crippen LogP contribution in [0.2, 0.25) is 0 Å². The number of aromatic nitrogens is 6. The second-order valence-corrected chi connectivity index (χ2v) is 12.4. The Bertz CT molecular complexity index is 1800. The normalized spacial score (nSPS) is 18.0. The number of carbonyl (C=O) groups is 1. The first-order valence-electron chi connectivity index (χ1n) is 15.6. The number of H-pyrrole nitrogens is 1. The number of likely N-dealkylation sites (N-methyl/N-ethyl adjacent to an activating group) is 1. The summed E-state index contributed by atoms with van der Waals surface area (Å²) in [6.45, 7) is 8.67. The molecule has 0 aliphatic carbocycles. The molecule has 1 unspecified atom stereocenters. The molecule has 5 aromatic rings. The van der Waals surface area contributed by atoms with Crippen molar-refractivity contribution in [2.24, 2.45) is 5.92 Å². The molecule has 7 rings (SSSR count). The highest BCUT2D eigenvalue weighted by Crippen LogP contribution is 2.36. The van der Waals surface area contributed by atoms with Crippen molar-refractivity contribution in [2.45, 2.75) is 45.8 Å². The van der Waals surface area contributed by atoms with E-state index in [1.165, 1.54) is 0 Å². The Kier molecular flexibility index (Phi) is 7.73. The minimum absolute atomic E-state index is 0.0132. The molecule has 228 valence electrons. The minimum atomic E-state index is -0.126. The predicted molar refractivity (Wildman–Crippen MR) is 172 cm³/mol. The van der Waals surface area contributed by atoms with Crippen LogP contribution < -0.4 is 10.2 Å². The third kappa shape index (κ3) is 5.65. The number of benzene rings is 1.